The zero-order chi connectivity index (χ0) is 10.6. The van der Waals surface area contributed by atoms with Crippen LogP contribution in [-0.4, -0.2) is 11.9 Å². The molecule has 74 valence electrons. The first-order valence-electron chi connectivity index (χ1n) is 3.81. The number of nitrogens with two attached hydrogens (primary N) is 2. The van der Waals surface area contributed by atoms with E-state index in [2.05, 4.69) is 10.9 Å². The standard InChI is InChI=1S/C8H10N4O2/c9-7(13)5-2-1-3-6(4-5)11-12-8(10)14/h1-4,11H,(H2,9,13)(H3,10,12,14). The summed E-state index contributed by atoms with van der Waals surface area (Å²) in [6.07, 6.45) is 0. The molecule has 0 aromatic heterocycles. The van der Waals surface area contributed by atoms with E-state index in [1.54, 1.807) is 18.2 Å². The molecule has 0 radical (unpaired) electrons. The predicted molar refractivity (Wildman–Crippen MR) is 51.3 cm³/mol. The lowest BCUT2D eigenvalue weighted by Gasteiger charge is -2.06. The third-order valence-corrected chi connectivity index (χ3v) is 1.48. The van der Waals surface area contributed by atoms with Crippen molar-refractivity contribution in [1.82, 2.24) is 5.43 Å². The minimum Gasteiger partial charge on any atom is -0.366 e. The number of rotatable bonds is 3. The molecule has 0 saturated carbocycles. The van der Waals surface area contributed by atoms with Crippen LogP contribution < -0.4 is 22.3 Å². The molecule has 14 heavy (non-hydrogen) atoms. The Bertz CT molecular complexity index is 364. The van der Waals surface area contributed by atoms with Gasteiger partial charge < -0.3 is 11.5 Å². The average Bonchev–Trinajstić information content (AvgIpc) is 2.15. The quantitative estimate of drug-likeness (QED) is 0.499. The number of hydrogen-bond acceptors (Lipinski definition) is 3. The van der Waals surface area contributed by atoms with Crippen LogP contribution in [0.3, 0.4) is 0 Å². The van der Waals surface area contributed by atoms with Gasteiger partial charge in [-0.2, -0.15) is 0 Å². The lowest BCUT2D eigenvalue weighted by atomic mass is 10.2. The number of carbonyl (C=O) groups excluding carboxylic acids is 2. The minimum absolute atomic E-state index is 0.348. The Kier molecular flexibility index (Phi) is 2.90. The van der Waals surface area contributed by atoms with E-state index in [1.165, 1.54) is 6.07 Å². The lowest BCUT2D eigenvalue weighted by molar-refractivity contribution is 0.100. The second-order valence-electron chi connectivity index (χ2n) is 2.56. The Morgan fingerprint density at radius 3 is 2.50 bits per heavy atom. The second kappa shape index (κ2) is 4.13. The van der Waals surface area contributed by atoms with Crippen molar-refractivity contribution in [3.8, 4) is 0 Å². The average molecular weight is 194 g/mol. The largest absolute Gasteiger partial charge is 0.366 e. The molecule has 0 aliphatic rings. The maximum absolute atomic E-state index is 10.8. The molecule has 1 rings (SSSR count). The smallest absolute Gasteiger partial charge is 0.330 e. The van der Waals surface area contributed by atoms with Crippen LogP contribution in [0, 0.1) is 0 Å². The van der Waals surface area contributed by atoms with Gasteiger partial charge in [-0.15, -0.1) is 0 Å². The number of anilines is 1. The molecule has 6 nitrogen and oxygen atoms in total. The number of hydrazine groups is 1. The van der Waals surface area contributed by atoms with Gasteiger partial charge in [-0.3, -0.25) is 15.6 Å². The second-order valence-corrected chi connectivity index (χ2v) is 2.56. The number of hydrogen-bond donors (Lipinski definition) is 4. The topological polar surface area (TPSA) is 110 Å². The van der Waals surface area contributed by atoms with Crippen molar-refractivity contribution in [2.24, 2.45) is 11.5 Å². The molecule has 0 heterocycles. The van der Waals surface area contributed by atoms with E-state index in [4.69, 9.17) is 11.5 Å². The third kappa shape index (κ3) is 2.67. The first-order valence-corrected chi connectivity index (χ1v) is 3.81. The van der Waals surface area contributed by atoms with Gasteiger partial charge in [-0.25, -0.2) is 4.79 Å². The monoisotopic (exact) mass is 194 g/mol. The lowest BCUT2D eigenvalue weighted by Crippen LogP contribution is -2.34. The zero-order valence-corrected chi connectivity index (χ0v) is 7.28. The molecule has 0 fully saturated rings. The molecule has 0 aliphatic heterocycles. The summed E-state index contributed by atoms with van der Waals surface area (Å²) in [5.74, 6) is -0.535. The summed E-state index contributed by atoms with van der Waals surface area (Å²) in [7, 11) is 0. The summed E-state index contributed by atoms with van der Waals surface area (Å²) in [5, 5.41) is 0. The summed E-state index contributed by atoms with van der Waals surface area (Å²) < 4.78 is 0. The molecule has 0 spiro atoms. The van der Waals surface area contributed by atoms with Gasteiger partial charge in [0.15, 0.2) is 0 Å². The Morgan fingerprint density at radius 1 is 1.21 bits per heavy atom. The van der Waals surface area contributed by atoms with Crippen LogP contribution in [0.25, 0.3) is 0 Å². The zero-order valence-electron chi connectivity index (χ0n) is 7.28. The fourth-order valence-corrected chi connectivity index (χ4v) is 0.884. The highest BCUT2D eigenvalue weighted by Gasteiger charge is 2.00. The van der Waals surface area contributed by atoms with Crippen LogP contribution in [0.15, 0.2) is 24.3 Å². The molecule has 0 aliphatic carbocycles. The van der Waals surface area contributed by atoms with Crippen LogP contribution in [0.2, 0.25) is 0 Å². The van der Waals surface area contributed by atoms with Crippen LogP contribution in [0.5, 0.6) is 0 Å². The fraction of sp³-hybridized carbons (Fsp3) is 0. The maximum Gasteiger partial charge on any atom is 0.330 e. The van der Waals surface area contributed by atoms with E-state index in [-0.39, 0.29) is 0 Å². The predicted octanol–water partition coefficient (Wildman–Crippen LogP) is -0.219. The first-order chi connectivity index (χ1) is 6.59. The van der Waals surface area contributed by atoms with Gasteiger partial charge in [0, 0.05) is 5.56 Å². The number of amides is 3. The molecule has 0 saturated heterocycles. The Labute approximate surface area is 80.2 Å². The third-order valence-electron chi connectivity index (χ3n) is 1.48. The molecule has 6 heteroatoms. The first kappa shape index (κ1) is 9.85. The molecule has 1 aromatic carbocycles. The van der Waals surface area contributed by atoms with Gasteiger partial charge >= 0.3 is 6.03 Å². The van der Waals surface area contributed by atoms with Crippen molar-refractivity contribution in [3.63, 3.8) is 0 Å². The van der Waals surface area contributed by atoms with Gasteiger partial charge in [-0.05, 0) is 18.2 Å². The summed E-state index contributed by atoms with van der Waals surface area (Å²) in [4.78, 5) is 21.1. The molecule has 3 amide bonds. The fourth-order valence-electron chi connectivity index (χ4n) is 0.884. The van der Waals surface area contributed by atoms with Crippen LogP contribution in [0.4, 0.5) is 10.5 Å². The molecule has 0 atom stereocenters. The molecule has 6 N–H and O–H groups in total. The van der Waals surface area contributed by atoms with E-state index < -0.39 is 11.9 Å². The maximum atomic E-state index is 10.8. The van der Waals surface area contributed by atoms with E-state index in [0.717, 1.165) is 0 Å². The van der Waals surface area contributed by atoms with Crippen molar-refractivity contribution in [3.05, 3.63) is 29.8 Å². The van der Waals surface area contributed by atoms with Gasteiger partial charge in [0.25, 0.3) is 0 Å². The van der Waals surface area contributed by atoms with Crippen LogP contribution in [-0.2, 0) is 0 Å². The van der Waals surface area contributed by atoms with Crippen molar-refractivity contribution in [2.45, 2.75) is 0 Å². The van der Waals surface area contributed by atoms with E-state index in [1.807, 2.05) is 0 Å². The van der Waals surface area contributed by atoms with Gasteiger partial charge in [-0.1, -0.05) is 6.07 Å². The Balaban J connectivity index is 2.73. The molecular weight excluding hydrogens is 184 g/mol. The summed E-state index contributed by atoms with van der Waals surface area (Å²) in [6, 6.07) is 5.64. The number of benzene rings is 1. The molecule has 1 aromatic rings. The highest BCUT2D eigenvalue weighted by Crippen LogP contribution is 2.08. The number of nitrogens with one attached hydrogen (secondary N) is 2. The Hall–Kier alpha value is -2.24. The van der Waals surface area contributed by atoms with Gasteiger partial charge in [0.1, 0.15) is 0 Å². The number of urea groups is 1. The van der Waals surface area contributed by atoms with Crippen molar-refractivity contribution in [2.75, 3.05) is 5.43 Å². The highest BCUT2D eigenvalue weighted by molar-refractivity contribution is 5.93. The Morgan fingerprint density at radius 2 is 1.93 bits per heavy atom. The normalized spacial score (nSPS) is 9.14. The molecule has 0 bridgehead atoms. The summed E-state index contributed by atoms with van der Waals surface area (Å²) >= 11 is 0. The summed E-state index contributed by atoms with van der Waals surface area (Å²) in [5.41, 5.74) is 15.4. The molecular formula is C8H10N4O2. The SMILES string of the molecule is NC(=O)NNc1cccc(C(N)=O)c1. The van der Waals surface area contributed by atoms with Gasteiger partial charge in [0.05, 0.1) is 5.69 Å². The van der Waals surface area contributed by atoms with E-state index in [9.17, 15) is 9.59 Å². The van der Waals surface area contributed by atoms with Gasteiger partial charge in [0.2, 0.25) is 5.91 Å². The summed E-state index contributed by atoms with van der Waals surface area (Å²) in [6.45, 7) is 0. The van der Waals surface area contributed by atoms with Crippen LogP contribution in [0.1, 0.15) is 10.4 Å². The van der Waals surface area contributed by atoms with Crippen molar-refractivity contribution < 1.29 is 9.59 Å². The van der Waals surface area contributed by atoms with E-state index in [0.29, 0.717) is 11.3 Å². The highest BCUT2D eigenvalue weighted by atomic mass is 16.2. The molecule has 0 unspecified atom stereocenters. The number of carbonyl (C=O) groups is 2. The number of primary amides is 2. The van der Waals surface area contributed by atoms with Crippen molar-refractivity contribution in [1.29, 1.82) is 0 Å². The van der Waals surface area contributed by atoms with Crippen molar-refractivity contribution >= 4 is 17.6 Å². The van der Waals surface area contributed by atoms with E-state index >= 15 is 0 Å². The minimum atomic E-state index is -0.713. The van der Waals surface area contributed by atoms with Crippen LogP contribution >= 0.6 is 0 Å².